The van der Waals surface area contributed by atoms with E-state index in [1.54, 1.807) is 0 Å². The van der Waals surface area contributed by atoms with Crippen LogP contribution < -0.4 is 0 Å². The van der Waals surface area contributed by atoms with Crippen LogP contribution in [0, 0.1) is 0 Å². The molecule has 4 nitrogen and oxygen atoms in total. The maximum absolute atomic E-state index is 8.24. The molecule has 0 unspecified atom stereocenters. The summed E-state index contributed by atoms with van der Waals surface area (Å²) in [5.74, 6) is 0. The first-order valence-corrected chi connectivity index (χ1v) is 7.79. The molecule has 0 amide bonds. The Labute approximate surface area is 87.4 Å². The Morgan fingerprint density at radius 3 is 2.29 bits per heavy atom. The molecule has 0 saturated heterocycles. The van der Waals surface area contributed by atoms with Crippen molar-refractivity contribution in [2.24, 2.45) is 5.11 Å². The Balaban J connectivity index is 4.19. The summed E-state index contributed by atoms with van der Waals surface area (Å²) in [6.07, 6.45) is 0. The van der Waals surface area contributed by atoms with Crippen LogP contribution in [0.3, 0.4) is 0 Å². The van der Waals surface area contributed by atoms with E-state index in [1.807, 2.05) is 6.92 Å². The molecule has 0 heterocycles. The summed E-state index contributed by atoms with van der Waals surface area (Å²) in [5, 5.41) is 3.80. The van der Waals surface area contributed by atoms with Crippen molar-refractivity contribution in [3.05, 3.63) is 10.4 Å². The lowest BCUT2D eigenvalue weighted by molar-refractivity contribution is 0.269. The summed E-state index contributed by atoms with van der Waals surface area (Å²) in [5.41, 5.74) is 8.24. The summed E-state index contributed by atoms with van der Waals surface area (Å²) in [7, 11) is -1.68. The van der Waals surface area contributed by atoms with E-state index in [9.17, 15) is 0 Å². The van der Waals surface area contributed by atoms with E-state index in [0.29, 0.717) is 6.61 Å². The molecule has 0 aromatic rings. The van der Waals surface area contributed by atoms with Crippen LogP contribution in [0.25, 0.3) is 10.4 Å². The van der Waals surface area contributed by atoms with Crippen molar-refractivity contribution in [1.82, 2.24) is 0 Å². The summed E-state index contributed by atoms with van der Waals surface area (Å²) in [4.78, 5) is 2.76. The molecule has 0 rings (SSSR count). The predicted octanol–water partition coefficient (Wildman–Crippen LogP) is 3.71. The smallest absolute Gasteiger partial charge is 0.191 e. The molecule has 0 saturated carbocycles. The zero-order valence-electron chi connectivity index (χ0n) is 10.0. The van der Waals surface area contributed by atoms with E-state index in [2.05, 4.69) is 43.9 Å². The lowest BCUT2D eigenvalue weighted by Gasteiger charge is -2.36. The molecular weight excluding hydrogens is 194 g/mol. The van der Waals surface area contributed by atoms with Crippen molar-refractivity contribution in [1.29, 1.82) is 0 Å². The van der Waals surface area contributed by atoms with Crippen LogP contribution in [0.1, 0.15) is 27.7 Å². The third-order valence-electron chi connectivity index (χ3n) is 2.74. The monoisotopic (exact) mass is 215 g/mol. The van der Waals surface area contributed by atoms with Gasteiger partial charge in [0.05, 0.1) is 6.04 Å². The second kappa shape index (κ2) is 4.82. The van der Waals surface area contributed by atoms with Gasteiger partial charge in [-0.15, -0.1) is 0 Å². The number of hydrogen-bond donors (Lipinski definition) is 0. The van der Waals surface area contributed by atoms with Gasteiger partial charge in [-0.3, -0.25) is 0 Å². The summed E-state index contributed by atoms with van der Waals surface area (Å²) >= 11 is 0. The highest BCUT2D eigenvalue weighted by molar-refractivity contribution is 6.74. The average molecular weight is 215 g/mol. The lowest BCUT2D eigenvalue weighted by atomic mass is 10.2. The topological polar surface area (TPSA) is 58.0 Å². The molecule has 1 atom stereocenters. The van der Waals surface area contributed by atoms with Crippen molar-refractivity contribution in [2.75, 3.05) is 6.61 Å². The minimum Gasteiger partial charge on any atom is -0.416 e. The Kier molecular flexibility index (Phi) is 4.64. The highest BCUT2D eigenvalue weighted by Gasteiger charge is 2.37. The molecule has 0 aromatic carbocycles. The van der Waals surface area contributed by atoms with E-state index in [-0.39, 0.29) is 11.1 Å². The zero-order chi connectivity index (χ0) is 11.4. The molecule has 82 valence electrons. The molecule has 0 aliphatic rings. The fourth-order valence-corrected chi connectivity index (χ4v) is 1.76. The Morgan fingerprint density at radius 1 is 1.43 bits per heavy atom. The largest absolute Gasteiger partial charge is 0.416 e. The van der Waals surface area contributed by atoms with Gasteiger partial charge in [0, 0.05) is 11.5 Å². The van der Waals surface area contributed by atoms with Crippen LogP contribution in [0.4, 0.5) is 0 Å². The van der Waals surface area contributed by atoms with Crippen LogP contribution in [0.5, 0.6) is 0 Å². The molecular formula is C9H21N3OSi. The molecule has 0 N–H and O–H groups in total. The predicted molar refractivity (Wildman–Crippen MR) is 61.8 cm³/mol. The Hall–Kier alpha value is -0.513. The van der Waals surface area contributed by atoms with Gasteiger partial charge >= 0.3 is 0 Å². The average Bonchev–Trinajstić information content (AvgIpc) is 1.99. The molecule has 0 aliphatic carbocycles. The molecule has 0 aliphatic heterocycles. The third-order valence-corrected chi connectivity index (χ3v) is 7.24. The van der Waals surface area contributed by atoms with Gasteiger partial charge in [-0.25, -0.2) is 0 Å². The van der Waals surface area contributed by atoms with Crippen molar-refractivity contribution in [2.45, 2.75) is 51.9 Å². The van der Waals surface area contributed by atoms with Gasteiger partial charge in [0.2, 0.25) is 0 Å². The Bertz CT molecular complexity index is 229. The number of rotatable bonds is 4. The van der Waals surface area contributed by atoms with Crippen LogP contribution in [0.15, 0.2) is 5.11 Å². The molecule has 0 radical (unpaired) electrons. The van der Waals surface area contributed by atoms with Crippen molar-refractivity contribution < 1.29 is 4.43 Å². The van der Waals surface area contributed by atoms with Gasteiger partial charge in [-0.1, -0.05) is 32.8 Å². The van der Waals surface area contributed by atoms with Gasteiger partial charge in [-0.2, -0.15) is 0 Å². The molecule has 5 heteroatoms. The second-order valence-corrected chi connectivity index (χ2v) is 9.93. The van der Waals surface area contributed by atoms with Gasteiger partial charge < -0.3 is 4.43 Å². The summed E-state index contributed by atoms with van der Waals surface area (Å²) in [6.45, 7) is 13.4. The van der Waals surface area contributed by atoms with Crippen LogP contribution in [0.2, 0.25) is 18.1 Å². The second-order valence-electron chi connectivity index (χ2n) is 5.13. The first-order chi connectivity index (χ1) is 6.20. The molecule has 14 heavy (non-hydrogen) atoms. The summed E-state index contributed by atoms with van der Waals surface area (Å²) < 4.78 is 5.88. The highest BCUT2D eigenvalue weighted by atomic mass is 28.4. The summed E-state index contributed by atoms with van der Waals surface area (Å²) in [6, 6.07) is -0.0749. The van der Waals surface area contributed by atoms with E-state index >= 15 is 0 Å². The first-order valence-electron chi connectivity index (χ1n) is 4.89. The van der Waals surface area contributed by atoms with Crippen LogP contribution >= 0.6 is 0 Å². The molecule has 0 bridgehead atoms. The standard InChI is InChI=1S/C9H21N3OSi/c1-8(11-12-10)7-13-14(5,6)9(2,3)4/h8H,7H2,1-6H3/t8-/m1/s1. The van der Waals surface area contributed by atoms with Gasteiger partial charge in [0.15, 0.2) is 8.32 Å². The normalized spacial score (nSPS) is 14.7. The fourth-order valence-electron chi connectivity index (χ4n) is 0.667. The van der Waals surface area contributed by atoms with Crippen LogP contribution in [-0.2, 0) is 4.43 Å². The maximum Gasteiger partial charge on any atom is 0.191 e. The molecule has 0 spiro atoms. The van der Waals surface area contributed by atoms with Crippen molar-refractivity contribution >= 4 is 8.32 Å². The van der Waals surface area contributed by atoms with Gasteiger partial charge in [-0.05, 0) is 23.7 Å². The molecule has 0 fully saturated rings. The highest BCUT2D eigenvalue weighted by Crippen LogP contribution is 2.36. The van der Waals surface area contributed by atoms with Crippen molar-refractivity contribution in [3.63, 3.8) is 0 Å². The quantitative estimate of drug-likeness (QED) is 0.305. The van der Waals surface area contributed by atoms with Crippen LogP contribution in [-0.4, -0.2) is 21.0 Å². The third kappa shape index (κ3) is 4.13. The number of azide groups is 1. The van der Waals surface area contributed by atoms with E-state index in [1.165, 1.54) is 0 Å². The van der Waals surface area contributed by atoms with E-state index in [4.69, 9.17) is 9.96 Å². The fraction of sp³-hybridized carbons (Fsp3) is 1.00. The van der Waals surface area contributed by atoms with E-state index in [0.717, 1.165) is 0 Å². The van der Waals surface area contributed by atoms with Crippen molar-refractivity contribution in [3.8, 4) is 0 Å². The zero-order valence-corrected chi connectivity index (χ0v) is 11.0. The van der Waals surface area contributed by atoms with Gasteiger partial charge in [0.1, 0.15) is 0 Å². The molecule has 0 aromatic heterocycles. The number of nitrogens with zero attached hydrogens (tertiary/aromatic N) is 3. The lowest BCUT2D eigenvalue weighted by Crippen LogP contribution is -2.42. The maximum atomic E-state index is 8.24. The SMILES string of the molecule is C[C@H](CO[Si](C)(C)C(C)(C)C)N=[N+]=[N-]. The minimum absolute atomic E-state index is 0.0749. The van der Waals surface area contributed by atoms with Gasteiger partial charge in [0.25, 0.3) is 0 Å². The number of hydrogen-bond acceptors (Lipinski definition) is 2. The Morgan fingerprint density at radius 2 is 1.93 bits per heavy atom. The minimum atomic E-state index is -1.68. The van der Waals surface area contributed by atoms with E-state index < -0.39 is 8.32 Å². The first kappa shape index (κ1) is 13.5.